The summed E-state index contributed by atoms with van der Waals surface area (Å²) < 4.78 is 5.47. The van der Waals surface area contributed by atoms with Gasteiger partial charge in [-0.25, -0.2) is 0 Å². The van der Waals surface area contributed by atoms with Crippen molar-refractivity contribution in [2.75, 3.05) is 0 Å². The summed E-state index contributed by atoms with van der Waals surface area (Å²) in [4.78, 5) is 12.0. The van der Waals surface area contributed by atoms with Crippen LogP contribution in [0.25, 0.3) is 11.1 Å². The standard InChI is InChI=1S/C28H38O2/c1-3-5-6-7-9-28(29)30-27-20-18-26(19-21-27)25-16-14-24(15-17-25)23-12-10-22(8-4-2)11-13-23/h14-23H,3-13H2,1-2H3. The Kier molecular flexibility index (Phi) is 8.99. The van der Waals surface area contributed by atoms with E-state index in [-0.39, 0.29) is 5.97 Å². The summed E-state index contributed by atoms with van der Waals surface area (Å²) in [5.41, 5.74) is 3.87. The van der Waals surface area contributed by atoms with Crippen LogP contribution in [0.5, 0.6) is 5.75 Å². The molecule has 2 nitrogen and oxygen atoms in total. The molecule has 2 heteroatoms. The van der Waals surface area contributed by atoms with Crippen molar-refractivity contribution >= 4 is 5.97 Å². The second-order valence-electron chi connectivity index (χ2n) is 8.94. The van der Waals surface area contributed by atoms with Gasteiger partial charge < -0.3 is 4.74 Å². The van der Waals surface area contributed by atoms with E-state index in [1.54, 1.807) is 0 Å². The molecule has 0 aliphatic heterocycles. The van der Waals surface area contributed by atoms with Gasteiger partial charge in [-0.05, 0) is 72.8 Å². The van der Waals surface area contributed by atoms with Crippen LogP contribution in [0.2, 0.25) is 0 Å². The van der Waals surface area contributed by atoms with E-state index in [0.29, 0.717) is 12.2 Å². The van der Waals surface area contributed by atoms with E-state index < -0.39 is 0 Å². The van der Waals surface area contributed by atoms with Crippen LogP contribution in [0.1, 0.15) is 96.0 Å². The van der Waals surface area contributed by atoms with Crippen molar-refractivity contribution in [3.05, 3.63) is 54.1 Å². The highest BCUT2D eigenvalue weighted by Crippen LogP contribution is 2.38. The van der Waals surface area contributed by atoms with Gasteiger partial charge in [-0.2, -0.15) is 0 Å². The van der Waals surface area contributed by atoms with Crippen LogP contribution in [0.4, 0.5) is 0 Å². The lowest BCUT2D eigenvalue weighted by atomic mass is 9.77. The van der Waals surface area contributed by atoms with Crippen LogP contribution in [0, 0.1) is 5.92 Å². The molecule has 0 bridgehead atoms. The van der Waals surface area contributed by atoms with Crippen molar-refractivity contribution in [1.29, 1.82) is 0 Å². The number of rotatable bonds is 10. The van der Waals surface area contributed by atoms with E-state index in [9.17, 15) is 4.79 Å². The second-order valence-corrected chi connectivity index (χ2v) is 8.94. The fraction of sp³-hybridized carbons (Fsp3) is 0.536. The summed E-state index contributed by atoms with van der Waals surface area (Å²) in [6.07, 6.45) is 13.0. The van der Waals surface area contributed by atoms with Crippen LogP contribution in [-0.4, -0.2) is 5.97 Å². The Balaban J connectivity index is 1.51. The summed E-state index contributed by atoms with van der Waals surface area (Å²) >= 11 is 0. The first-order valence-electron chi connectivity index (χ1n) is 12.1. The van der Waals surface area contributed by atoms with E-state index in [1.165, 1.54) is 62.5 Å². The molecule has 0 spiro atoms. The fourth-order valence-corrected chi connectivity index (χ4v) is 4.73. The van der Waals surface area contributed by atoms with Gasteiger partial charge in [0.25, 0.3) is 0 Å². The van der Waals surface area contributed by atoms with Crippen molar-refractivity contribution < 1.29 is 9.53 Å². The molecule has 0 unspecified atom stereocenters. The number of unbranched alkanes of at least 4 members (excludes halogenated alkanes) is 3. The lowest BCUT2D eigenvalue weighted by Gasteiger charge is -2.28. The van der Waals surface area contributed by atoms with Gasteiger partial charge in [-0.3, -0.25) is 4.79 Å². The Morgan fingerprint density at radius 2 is 1.43 bits per heavy atom. The Morgan fingerprint density at radius 1 is 0.800 bits per heavy atom. The molecule has 2 aromatic rings. The number of hydrogen-bond donors (Lipinski definition) is 0. The summed E-state index contributed by atoms with van der Waals surface area (Å²) in [5.74, 6) is 2.19. The molecular weight excluding hydrogens is 368 g/mol. The maximum atomic E-state index is 12.0. The van der Waals surface area contributed by atoms with Crippen molar-refractivity contribution in [2.45, 2.75) is 90.4 Å². The van der Waals surface area contributed by atoms with Crippen LogP contribution < -0.4 is 4.74 Å². The number of esters is 1. The van der Waals surface area contributed by atoms with Gasteiger partial charge in [0, 0.05) is 6.42 Å². The minimum Gasteiger partial charge on any atom is -0.427 e. The number of hydrogen-bond acceptors (Lipinski definition) is 2. The summed E-state index contributed by atoms with van der Waals surface area (Å²) in [7, 11) is 0. The molecule has 0 N–H and O–H groups in total. The summed E-state index contributed by atoms with van der Waals surface area (Å²) in [6.45, 7) is 4.47. The highest BCUT2D eigenvalue weighted by molar-refractivity contribution is 5.73. The Morgan fingerprint density at radius 3 is 2.03 bits per heavy atom. The Labute approximate surface area is 183 Å². The molecule has 1 fully saturated rings. The van der Waals surface area contributed by atoms with Gasteiger partial charge in [-0.1, -0.05) is 82.3 Å². The third-order valence-corrected chi connectivity index (χ3v) is 6.58. The zero-order valence-electron chi connectivity index (χ0n) is 18.9. The first kappa shape index (κ1) is 22.6. The molecule has 0 radical (unpaired) electrons. The highest BCUT2D eigenvalue weighted by atomic mass is 16.5. The minimum absolute atomic E-state index is 0.128. The second kappa shape index (κ2) is 11.9. The van der Waals surface area contributed by atoms with Crippen LogP contribution >= 0.6 is 0 Å². The van der Waals surface area contributed by atoms with Crippen molar-refractivity contribution in [3.63, 3.8) is 0 Å². The van der Waals surface area contributed by atoms with Crippen LogP contribution in [0.3, 0.4) is 0 Å². The van der Waals surface area contributed by atoms with E-state index in [1.807, 2.05) is 24.3 Å². The summed E-state index contributed by atoms with van der Waals surface area (Å²) in [5, 5.41) is 0. The van der Waals surface area contributed by atoms with E-state index >= 15 is 0 Å². The molecule has 1 saturated carbocycles. The lowest BCUT2D eigenvalue weighted by Crippen LogP contribution is -2.13. The maximum absolute atomic E-state index is 12.0. The van der Waals surface area contributed by atoms with Crippen LogP contribution in [0.15, 0.2) is 48.5 Å². The van der Waals surface area contributed by atoms with E-state index in [2.05, 4.69) is 38.1 Å². The predicted octanol–water partition coefficient (Wildman–Crippen LogP) is 8.30. The molecule has 3 rings (SSSR count). The molecule has 0 saturated heterocycles. The normalized spacial score (nSPS) is 18.9. The highest BCUT2D eigenvalue weighted by Gasteiger charge is 2.21. The molecule has 1 aliphatic rings. The lowest BCUT2D eigenvalue weighted by molar-refractivity contribution is -0.134. The molecule has 162 valence electrons. The van der Waals surface area contributed by atoms with E-state index in [0.717, 1.165) is 30.2 Å². The predicted molar refractivity (Wildman–Crippen MR) is 126 cm³/mol. The summed E-state index contributed by atoms with van der Waals surface area (Å²) in [6, 6.07) is 17.0. The minimum atomic E-state index is -0.128. The third kappa shape index (κ3) is 6.72. The first-order chi connectivity index (χ1) is 14.7. The maximum Gasteiger partial charge on any atom is 0.311 e. The quantitative estimate of drug-likeness (QED) is 0.225. The average molecular weight is 407 g/mol. The fourth-order valence-electron chi connectivity index (χ4n) is 4.73. The number of carbonyl (C=O) groups is 1. The zero-order chi connectivity index (χ0) is 21.2. The molecule has 0 amide bonds. The molecular formula is C28H38O2. The number of ether oxygens (including phenoxy) is 1. The Hall–Kier alpha value is -2.09. The average Bonchev–Trinajstić information content (AvgIpc) is 2.78. The molecule has 0 atom stereocenters. The topological polar surface area (TPSA) is 26.3 Å². The number of carbonyl (C=O) groups excluding carboxylic acids is 1. The van der Waals surface area contributed by atoms with Gasteiger partial charge in [0.2, 0.25) is 0 Å². The number of benzene rings is 2. The third-order valence-electron chi connectivity index (χ3n) is 6.58. The molecule has 0 heterocycles. The smallest absolute Gasteiger partial charge is 0.311 e. The Bertz CT molecular complexity index is 752. The van der Waals surface area contributed by atoms with E-state index in [4.69, 9.17) is 4.74 Å². The van der Waals surface area contributed by atoms with Crippen LogP contribution in [-0.2, 0) is 4.79 Å². The molecule has 1 aliphatic carbocycles. The SMILES string of the molecule is CCCCCCC(=O)Oc1ccc(-c2ccc(C3CCC(CCC)CC3)cc2)cc1. The largest absolute Gasteiger partial charge is 0.427 e. The van der Waals surface area contributed by atoms with Crippen molar-refractivity contribution in [3.8, 4) is 16.9 Å². The van der Waals surface area contributed by atoms with Gasteiger partial charge in [-0.15, -0.1) is 0 Å². The molecule has 0 aromatic heterocycles. The van der Waals surface area contributed by atoms with Crippen molar-refractivity contribution in [2.24, 2.45) is 5.92 Å². The molecule has 30 heavy (non-hydrogen) atoms. The van der Waals surface area contributed by atoms with Gasteiger partial charge in [0.1, 0.15) is 5.75 Å². The van der Waals surface area contributed by atoms with Gasteiger partial charge in [0.05, 0.1) is 0 Å². The zero-order valence-corrected chi connectivity index (χ0v) is 18.9. The first-order valence-corrected chi connectivity index (χ1v) is 12.1. The van der Waals surface area contributed by atoms with Gasteiger partial charge >= 0.3 is 5.97 Å². The monoisotopic (exact) mass is 406 g/mol. The van der Waals surface area contributed by atoms with Gasteiger partial charge in [0.15, 0.2) is 0 Å². The molecule has 2 aromatic carbocycles. The van der Waals surface area contributed by atoms with Crippen molar-refractivity contribution in [1.82, 2.24) is 0 Å².